The minimum atomic E-state index is -3.81. The molecule has 3 N–H and O–H groups in total. The largest absolute Gasteiger partial charge is 0.358 e. The highest BCUT2D eigenvalue weighted by molar-refractivity contribution is 7.89. The zero-order chi connectivity index (χ0) is 20.9. The van der Waals surface area contributed by atoms with Gasteiger partial charge in [0.05, 0.1) is 11.4 Å². The average molecular weight is 431 g/mol. The molecule has 0 unspecified atom stereocenters. The number of hydrogen-bond donors (Lipinski definition) is 2. The molecule has 0 spiro atoms. The zero-order valence-corrected chi connectivity index (χ0v) is 17.0. The van der Waals surface area contributed by atoms with Gasteiger partial charge in [0.15, 0.2) is 5.11 Å². The van der Waals surface area contributed by atoms with Crippen molar-refractivity contribution in [3.63, 3.8) is 0 Å². The van der Waals surface area contributed by atoms with Gasteiger partial charge >= 0.3 is 0 Å². The van der Waals surface area contributed by atoms with E-state index in [4.69, 9.17) is 17.4 Å². The van der Waals surface area contributed by atoms with Crippen LogP contribution in [-0.4, -0.2) is 18.5 Å². The maximum atomic E-state index is 14.2. The van der Waals surface area contributed by atoms with Gasteiger partial charge < -0.3 is 10.2 Å². The van der Waals surface area contributed by atoms with E-state index >= 15 is 0 Å². The molecule has 9 heteroatoms. The highest BCUT2D eigenvalue weighted by atomic mass is 32.2. The van der Waals surface area contributed by atoms with Crippen LogP contribution in [0.2, 0.25) is 0 Å². The van der Waals surface area contributed by atoms with Gasteiger partial charge in [0.2, 0.25) is 10.0 Å². The van der Waals surface area contributed by atoms with Gasteiger partial charge in [0, 0.05) is 30.2 Å². The third kappa shape index (κ3) is 5.57. The van der Waals surface area contributed by atoms with Gasteiger partial charge in [0.1, 0.15) is 5.82 Å². The summed E-state index contributed by atoms with van der Waals surface area (Å²) in [6, 6.07) is 16.1. The Morgan fingerprint density at radius 1 is 1.07 bits per heavy atom. The van der Waals surface area contributed by atoms with Crippen LogP contribution in [0, 0.1) is 5.82 Å². The molecule has 150 valence electrons. The molecule has 3 aromatic rings. The Bertz CT molecular complexity index is 1090. The summed E-state index contributed by atoms with van der Waals surface area (Å²) in [5.74, 6) is -0.351. The number of rotatable bonds is 6. The van der Waals surface area contributed by atoms with E-state index in [0.717, 1.165) is 5.56 Å². The van der Waals surface area contributed by atoms with Crippen LogP contribution in [0.25, 0.3) is 0 Å². The number of hydrogen-bond acceptors (Lipinski definition) is 4. The summed E-state index contributed by atoms with van der Waals surface area (Å²) in [4.78, 5) is 5.66. The zero-order valence-electron chi connectivity index (χ0n) is 15.3. The predicted octanol–water partition coefficient (Wildman–Crippen LogP) is 2.95. The Kier molecular flexibility index (Phi) is 6.53. The maximum absolute atomic E-state index is 14.2. The fraction of sp³-hybridized carbons (Fsp3) is 0.100. The lowest BCUT2D eigenvalue weighted by atomic mass is 10.2. The van der Waals surface area contributed by atoms with Crippen molar-refractivity contribution in [2.45, 2.75) is 18.0 Å². The monoisotopic (exact) mass is 430 g/mol. The van der Waals surface area contributed by atoms with Crippen molar-refractivity contribution in [3.05, 3.63) is 90.0 Å². The van der Waals surface area contributed by atoms with Gasteiger partial charge in [-0.05, 0) is 60.2 Å². The van der Waals surface area contributed by atoms with Gasteiger partial charge in [-0.3, -0.25) is 4.98 Å². The molecule has 1 aromatic heterocycles. The van der Waals surface area contributed by atoms with Crippen molar-refractivity contribution in [1.82, 2.24) is 10.3 Å². The molecule has 0 bridgehead atoms. The first-order valence-electron chi connectivity index (χ1n) is 8.65. The summed E-state index contributed by atoms with van der Waals surface area (Å²) in [5.41, 5.74) is 2.04. The van der Waals surface area contributed by atoms with E-state index in [-0.39, 0.29) is 17.3 Å². The number of aromatic nitrogens is 1. The van der Waals surface area contributed by atoms with E-state index in [0.29, 0.717) is 22.9 Å². The maximum Gasteiger partial charge on any atom is 0.238 e. The second kappa shape index (κ2) is 9.08. The molecule has 0 fully saturated rings. The lowest BCUT2D eigenvalue weighted by Crippen LogP contribution is -2.39. The van der Waals surface area contributed by atoms with Crippen LogP contribution < -0.4 is 15.4 Å². The Morgan fingerprint density at radius 3 is 2.34 bits per heavy atom. The number of thiocarbonyl (C=S) groups is 1. The first-order chi connectivity index (χ1) is 13.8. The summed E-state index contributed by atoms with van der Waals surface area (Å²) in [6.45, 7) is 0.633. The molecule has 0 atom stereocenters. The summed E-state index contributed by atoms with van der Waals surface area (Å²) >= 11 is 5.54. The number of anilines is 1. The van der Waals surface area contributed by atoms with Gasteiger partial charge in [-0.25, -0.2) is 17.9 Å². The van der Waals surface area contributed by atoms with Crippen molar-refractivity contribution in [2.75, 3.05) is 4.90 Å². The van der Waals surface area contributed by atoms with Gasteiger partial charge in [-0.1, -0.05) is 18.2 Å². The molecule has 2 aromatic carbocycles. The van der Waals surface area contributed by atoms with Crippen molar-refractivity contribution in [2.24, 2.45) is 5.14 Å². The molecule has 0 amide bonds. The Labute approximate surface area is 174 Å². The number of nitrogens with zero attached hydrogens (tertiary/aromatic N) is 2. The SMILES string of the molecule is NS(=O)(=O)c1ccc(N(Cc2ccccc2F)C(=S)NCc2ccncc2)cc1. The molecule has 0 radical (unpaired) electrons. The van der Waals surface area contributed by atoms with E-state index in [1.165, 1.54) is 18.2 Å². The highest BCUT2D eigenvalue weighted by Gasteiger charge is 2.16. The number of primary sulfonamides is 1. The van der Waals surface area contributed by atoms with E-state index in [1.807, 2.05) is 12.1 Å². The normalized spacial score (nSPS) is 11.1. The summed E-state index contributed by atoms with van der Waals surface area (Å²) in [6.07, 6.45) is 3.37. The fourth-order valence-electron chi connectivity index (χ4n) is 2.67. The number of nitrogens with one attached hydrogen (secondary N) is 1. The van der Waals surface area contributed by atoms with Crippen molar-refractivity contribution in [1.29, 1.82) is 0 Å². The minimum absolute atomic E-state index is 0.0113. The number of halogens is 1. The van der Waals surface area contributed by atoms with Crippen LogP contribution in [-0.2, 0) is 23.1 Å². The average Bonchev–Trinajstić information content (AvgIpc) is 2.72. The molecule has 0 saturated carbocycles. The summed E-state index contributed by atoms with van der Waals surface area (Å²) < 4.78 is 37.2. The number of benzene rings is 2. The summed E-state index contributed by atoms with van der Waals surface area (Å²) in [7, 11) is -3.81. The van der Waals surface area contributed by atoms with Gasteiger partial charge in [-0.15, -0.1) is 0 Å². The fourth-order valence-corrected chi connectivity index (χ4v) is 3.42. The van der Waals surface area contributed by atoms with E-state index < -0.39 is 10.0 Å². The van der Waals surface area contributed by atoms with Gasteiger partial charge in [0.25, 0.3) is 0 Å². The number of sulfonamides is 1. The predicted molar refractivity (Wildman–Crippen MR) is 114 cm³/mol. The van der Waals surface area contributed by atoms with Crippen LogP contribution in [0.5, 0.6) is 0 Å². The lowest BCUT2D eigenvalue weighted by molar-refractivity contribution is 0.598. The minimum Gasteiger partial charge on any atom is -0.358 e. The van der Waals surface area contributed by atoms with Crippen LogP contribution in [0.3, 0.4) is 0 Å². The number of pyridine rings is 1. The Hall–Kier alpha value is -2.88. The topological polar surface area (TPSA) is 88.3 Å². The standard InChI is InChI=1S/C20H19FN4O2S2/c21-19-4-2-1-3-16(19)14-25(17-5-7-18(8-6-17)29(22,26)27)20(28)24-13-15-9-11-23-12-10-15/h1-12H,13-14H2,(H,24,28)(H2,22,26,27). The second-order valence-corrected chi connectivity index (χ2v) is 8.18. The molecule has 0 aliphatic heterocycles. The first kappa shape index (κ1) is 20.8. The molecule has 1 heterocycles. The van der Waals surface area contributed by atoms with E-state index in [9.17, 15) is 12.8 Å². The van der Waals surface area contributed by atoms with Crippen LogP contribution in [0.1, 0.15) is 11.1 Å². The van der Waals surface area contributed by atoms with Crippen molar-refractivity contribution < 1.29 is 12.8 Å². The molecule has 0 saturated heterocycles. The van der Waals surface area contributed by atoms with Crippen LogP contribution >= 0.6 is 12.2 Å². The van der Waals surface area contributed by atoms with Crippen molar-refractivity contribution >= 4 is 33.0 Å². The van der Waals surface area contributed by atoms with Crippen molar-refractivity contribution in [3.8, 4) is 0 Å². The van der Waals surface area contributed by atoms with Crippen LogP contribution in [0.4, 0.5) is 10.1 Å². The molecule has 6 nitrogen and oxygen atoms in total. The van der Waals surface area contributed by atoms with Gasteiger partial charge in [-0.2, -0.15) is 0 Å². The molecule has 3 rings (SSSR count). The third-order valence-corrected chi connectivity index (χ3v) is 5.50. The molecular weight excluding hydrogens is 411 g/mol. The summed E-state index contributed by atoms with van der Waals surface area (Å²) in [5, 5.41) is 8.68. The lowest BCUT2D eigenvalue weighted by Gasteiger charge is -2.26. The van der Waals surface area contributed by atoms with E-state index in [1.54, 1.807) is 47.6 Å². The second-order valence-electron chi connectivity index (χ2n) is 6.23. The molecule has 0 aliphatic rings. The highest BCUT2D eigenvalue weighted by Crippen LogP contribution is 2.21. The van der Waals surface area contributed by atoms with E-state index in [2.05, 4.69) is 10.3 Å². The quantitative estimate of drug-likeness (QED) is 0.585. The molecule has 29 heavy (non-hydrogen) atoms. The smallest absolute Gasteiger partial charge is 0.238 e. The Balaban J connectivity index is 1.86. The number of nitrogens with two attached hydrogens (primary N) is 1. The molecule has 0 aliphatic carbocycles. The molecular formula is C20H19FN4O2S2. The first-order valence-corrected chi connectivity index (χ1v) is 10.6. The third-order valence-electron chi connectivity index (χ3n) is 4.20. The van der Waals surface area contributed by atoms with Crippen LogP contribution in [0.15, 0.2) is 78.0 Å². The Morgan fingerprint density at radius 2 is 1.72 bits per heavy atom.